The highest BCUT2D eigenvalue weighted by Gasteiger charge is 2.12. The fourth-order valence-electron chi connectivity index (χ4n) is 2.31. The molecule has 0 aromatic heterocycles. The Hall–Kier alpha value is -2.05. The summed E-state index contributed by atoms with van der Waals surface area (Å²) < 4.78 is 34.3. The van der Waals surface area contributed by atoms with Crippen LogP contribution >= 0.6 is 23.2 Å². The van der Waals surface area contributed by atoms with Crippen molar-refractivity contribution in [1.82, 2.24) is 5.32 Å². The van der Waals surface area contributed by atoms with Crippen LogP contribution in [-0.2, 0) is 17.6 Å². The first-order chi connectivity index (χ1) is 12.4. The average Bonchev–Trinajstić information content (AvgIpc) is 2.57. The van der Waals surface area contributed by atoms with Gasteiger partial charge in [-0.15, -0.1) is 0 Å². The number of alkyl halides is 2. The zero-order chi connectivity index (χ0) is 19.1. The van der Waals surface area contributed by atoms with Crippen LogP contribution in [0.4, 0.5) is 8.78 Å². The van der Waals surface area contributed by atoms with E-state index in [1.165, 1.54) is 13.2 Å². The number of hydrogen-bond donors (Lipinski definition) is 1. The van der Waals surface area contributed by atoms with Crippen LogP contribution in [0.3, 0.4) is 0 Å². The molecule has 2 aromatic carbocycles. The second-order valence-electron chi connectivity index (χ2n) is 5.38. The first kappa shape index (κ1) is 20.3. The summed E-state index contributed by atoms with van der Waals surface area (Å²) in [7, 11) is 1.37. The molecule has 2 rings (SSSR count). The summed E-state index contributed by atoms with van der Waals surface area (Å²) in [6.07, 6.45) is 0.571. The van der Waals surface area contributed by atoms with Gasteiger partial charge in [0.25, 0.3) is 0 Å². The molecule has 0 saturated heterocycles. The van der Waals surface area contributed by atoms with Gasteiger partial charge in [0.05, 0.1) is 13.5 Å². The Bertz CT molecular complexity index is 772. The van der Waals surface area contributed by atoms with E-state index in [-0.39, 0.29) is 23.8 Å². The molecule has 2 aromatic rings. The summed E-state index contributed by atoms with van der Waals surface area (Å²) in [4.78, 5) is 12.0. The molecule has 0 fully saturated rings. The van der Waals surface area contributed by atoms with Gasteiger partial charge in [-0.25, -0.2) is 0 Å². The van der Waals surface area contributed by atoms with Gasteiger partial charge in [-0.2, -0.15) is 8.78 Å². The Labute approximate surface area is 160 Å². The molecule has 0 aliphatic heterocycles. The van der Waals surface area contributed by atoms with Crippen LogP contribution in [0, 0.1) is 0 Å². The molecule has 0 aliphatic carbocycles. The molecular formula is C18H17Cl2F2NO3. The Morgan fingerprint density at radius 2 is 1.92 bits per heavy atom. The number of amides is 1. The largest absolute Gasteiger partial charge is 0.493 e. The highest BCUT2D eigenvalue weighted by Crippen LogP contribution is 2.29. The van der Waals surface area contributed by atoms with E-state index in [1.807, 2.05) is 0 Å². The number of hydrogen-bond acceptors (Lipinski definition) is 3. The Kier molecular flexibility index (Phi) is 7.48. The van der Waals surface area contributed by atoms with Crippen molar-refractivity contribution >= 4 is 29.1 Å². The Balaban J connectivity index is 1.89. The van der Waals surface area contributed by atoms with E-state index in [9.17, 15) is 13.6 Å². The van der Waals surface area contributed by atoms with Crippen LogP contribution < -0.4 is 14.8 Å². The molecular weight excluding hydrogens is 387 g/mol. The van der Waals surface area contributed by atoms with Crippen molar-refractivity contribution in [2.45, 2.75) is 19.5 Å². The number of rotatable bonds is 8. The molecule has 0 radical (unpaired) electrons. The molecule has 0 aliphatic rings. The minimum atomic E-state index is -2.94. The lowest BCUT2D eigenvalue weighted by molar-refractivity contribution is -0.120. The van der Waals surface area contributed by atoms with Gasteiger partial charge in [-0.1, -0.05) is 35.3 Å². The molecule has 0 saturated carbocycles. The molecule has 0 spiro atoms. The van der Waals surface area contributed by atoms with E-state index in [1.54, 1.807) is 30.3 Å². The van der Waals surface area contributed by atoms with E-state index >= 15 is 0 Å². The molecule has 26 heavy (non-hydrogen) atoms. The highest BCUT2D eigenvalue weighted by molar-refractivity contribution is 6.35. The minimum Gasteiger partial charge on any atom is -0.493 e. The summed E-state index contributed by atoms with van der Waals surface area (Å²) in [5.74, 6) is -0.0264. The van der Waals surface area contributed by atoms with E-state index in [2.05, 4.69) is 10.1 Å². The first-order valence-corrected chi connectivity index (χ1v) is 8.47. The highest BCUT2D eigenvalue weighted by atomic mass is 35.5. The van der Waals surface area contributed by atoms with Gasteiger partial charge in [0, 0.05) is 16.6 Å². The maximum Gasteiger partial charge on any atom is 0.387 e. The van der Waals surface area contributed by atoms with Crippen LogP contribution in [0.1, 0.15) is 11.1 Å². The van der Waals surface area contributed by atoms with E-state index in [0.29, 0.717) is 28.6 Å². The van der Waals surface area contributed by atoms with E-state index in [4.69, 9.17) is 27.9 Å². The summed E-state index contributed by atoms with van der Waals surface area (Å²) in [6, 6.07) is 9.67. The third-order valence-electron chi connectivity index (χ3n) is 3.55. The van der Waals surface area contributed by atoms with Crippen molar-refractivity contribution < 1.29 is 23.0 Å². The number of methoxy groups -OCH3 is 1. The molecule has 1 N–H and O–H groups in total. The number of carbonyl (C=O) groups excluding carboxylic acids is 1. The van der Waals surface area contributed by atoms with Gasteiger partial charge in [0.1, 0.15) is 0 Å². The molecule has 140 valence electrons. The SMILES string of the molecule is COc1ccc(CCNC(=O)Cc2ccc(Cl)cc2Cl)cc1OC(F)F. The zero-order valence-corrected chi connectivity index (χ0v) is 15.4. The lowest BCUT2D eigenvalue weighted by Crippen LogP contribution is -2.27. The first-order valence-electron chi connectivity index (χ1n) is 7.71. The van der Waals surface area contributed by atoms with Gasteiger partial charge in [-0.3, -0.25) is 4.79 Å². The quantitative estimate of drug-likeness (QED) is 0.705. The number of benzene rings is 2. The van der Waals surface area contributed by atoms with Crippen LogP contribution in [0.15, 0.2) is 36.4 Å². The predicted molar refractivity (Wildman–Crippen MR) is 96.5 cm³/mol. The third-order valence-corrected chi connectivity index (χ3v) is 4.13. The van der Waals surface area contributed by atoms with Crippen molar-refractivity contribution in [3.63, 3.8) is 0 Å². The molecule has 0 bridgehead atoms. The van der Waals surface area contributed by atoms with Crippen molar-refractivity contribution in [1.29, 1.82) is 0 Å². The minimum absolute atomic E-state index is 0.0423. The van der Waals surface area contributed by atoms with Gasteiger partial charge < -0.3 is 14.8 Å². The van der Waals surface area contributed by atoms with Crippen LogP contribution in [0.2, 0.25) is 10.0 Å². The maximum atomic E-state index is 12.4. The maximum absolute atomic E-state index is 12.4. The molecule has 0 heterocycles. The lowest BCUT2D eigenvalue weighted by Gasteiger charge is -2.12. The van der Waals surface area contributed by atoms with Gasteiger partial charge in [0.2, 0.25) is 5.91 Å². The zero-order valence-electron chi connectivity index (χ0n) is 13.9. The van der Waals surface area contributed by atoms with Gasteiger partial charge >= 0.3 is 6.61 Å². The smallest absolute Gasteiger partial charge is 0.387 e. The predicted octanol–water partition coefficient (Wildman–Crippen LogP) is 4.50. The fraction of sp³-hybridized carbons (Fsp3) is 0.278. The van der Waals surface area contributed by atoms with Crippen molar-refractivity contribution in [3.05, 3.63) is 57.6 Å². The van der Waals surface area contributed by atoms with Gasteiger partial charge in [0.15, 0.2) is 11.5 Å². The molecule has 0 unspecified atom stereocenters. The van der Waals surface area contributed by atoms with Crippen molar-refractivity contribution in [3.8, 4) is 11.5 Å². The summed E-state index contributed by atoms with van der Waals surface area (Å²) in [5.41, 5.74) is 1.40. The lowest BCUT2D eigenvalue weighted by atomic mass is 10.1. The number of carbonyl (C=O) groups is 1. The average molecular weight is 404 g/mol. The number of halogens is 4. The second kappa shape index (κ2) is 9.59. The topological polar surface area (TPSA) is 47.6 Å². The summed E-state index contributed by atoms with van der Waals surface area (Å²) in [5, 5.41) is 3.69. The van der Waals surface area contributed by atoms with Crippen molar-refractivity contribution in [2.24, 2.45) is 0 Å². The van der Waals surface area contributed by atoms with E-state index in [0.717, 1.165) is 5.56 Å². The van der Waals surface area contributed by atoms with Gasteiger partial charge in [-0.05, 0) is 41.8 Å². The second-order valence-corrected chi connectivity index (χ2v) is 6.22. The fourth-order valence-corrected chi connectivity index (χ4v) is 2.79. The van der Waals surface area contributed by atoms with Crippen molar-refractivity contribution in [2.75, 3.05) is 13.7 Å². The molecule has 4 nitrogen and oxygen atoms in total. The third kappa shape index (κ3) is 6.04. The van der Waals surface area contributed by atoms with E-state index < -0.39 is 6.61 Å². The molecule has 8 heteroatoms. The van der Waals surface area contributed by atoms with Crippen LogP contribution in [-0.4, -0.2) is 26.2 Å². The normalized spacial score (nSPS) is 10.7. The number of ether oxygens (including phenoxy) is 2. The Morgan fingerprint density at radius 1 is 1.15 bits per heavy atom. The summed E-state index contributed by atoms with van der Waals surface area (Å²) >= 11 is 11.9. The Morgan fingerprint density at radius 3 is 2.58 bits per heavy atom. The van der Waals surface area contributed by atoms with Crippen LogP contribution in [0.25, 0.3) is 0 Å². The standard InChI is InChI=1S/C18H17Cl2F2NO3/c1-25-15-5-2-11(8-16(15)26-18(21)22)6-7-23-17(24)9-12-3-4-13(19)10-14(12)20/h2-5,8,10,18H,6-7,9H2,1H3,(H,23,24). The monoisotopic (exact) mass is 403 g/mol. The molecule has 1 amide bonds. The summed E-state index contributed by atoms with van der Waals surface area (Å²) in [6.45, 7) is -2.60. The van der Waals surface area contributed by atoms with Crippen LogP contribution in [0.5, 0.6) is 11.5 Å². The number of nitrogens with one attached hydrogen (secondary N) is 1. The molecule has 0 atom stereocenters.